The van der Waals surface area contributed by atoms with Crippen molar-refractivity contribution in [3.8, 4) is 0 Å². The van der Waals surface area contributed by atoms with Crippen LogP contribution in [0.1, 0.15) is 31.2 Å². The summed E-state index contributed by atoms with van der Waals surface area (Å²) in [5.74, 6) is 0.842. The average molecular weight is 258 g/mol. The van der Waals surface area contributed by atoms with Gasteiger partial charge >= 0.3 is 0 Å². The molecule has 0 aliphatic heterocycles. The highest BCUT2D eigenvalue weighted by molar-refractivity contribution is 7.80. The molecule has 2 nitrogen and oxygen atoms in total. The number of hydrogen-bond donors (Lipinski definition) is 1. The summed E-state index contributed by atoms with van der Waals surface area (Å²) >= 11 is 5.05. The van der Waals surface area contributed by atoms with Gasteiger partial charge < -0.3 is 10.3 Å². The van der Waals surface area contributed by atoms with Crippen molar-refractivity contribution in [2.75, 3.05) is 0 Å². The van der Waals surface area contributed by atoms with Gasteiger partial charge in [0.15, 0.2) is 0 Å². The molecule has 1 fully saturated rings. The first-order chi connectivity index (χ1) is 8.74. The van der Waals surface area contributed by atoms with Crippen molar-refractivity contribution in [1.82, 2.24) is 4.57 Å². The molecule has 1 aliphatic carbocycles. The maximum Gasteiger partial charge on any atom is 0.104 e. The molecular weight excluding hydrogens is 240 g/mol. The number of fused-ring (bicyclic) bond motifs is 1. The fraction of sp³-hybridized carbons (Fsp3) is 0.400. The molecule has 0 spiro atoms. The van der Waals surface area contributed by atoms with Crippen molar-refractivity contribution in [2.45, 2.75) is 32.2 Å². The Kier molecular flexibility index (Phi) is 3.08. The third-order valence-corrected chi connectivity index (χ3v) is 4.22. The zero-order chi connectivity index (χ0) is 12.5. The minimum absolute atomic E-state index is 0.477. The summed E-state index contributed by atoms with van der Waals surface area (Å²) in [6, 6.07) is 8.40. The summed E-state index contributed by atoms with van der Waals surface area (Å²) in [7, 11) is 0. The van der Waals surface area contributed by atoms with Gasteiger partial charge in [-0.15, -0.1) is 0 Å². The second kappa shape index (κ2) is 4.73. The topological polar surface area (TPSA) is 30.9 Å². The predicted molar refractivity (Wildman–Crippen MR) is 79.8 cm³/mol. The summed E-state index contributed by atoms with van der Waals surface area (Å²) < 4.78 is 2.35. The van der Waals surface area contributed by atoms with E-state index in [2.05, 4.69) is 29.0 Å². The number of nitrogens with zero attached hydrogens (tertiary/aromatic N) is 1. The lowest BCUT2D eigenvalue weighted by Gasteiger charge is -2.12. The Labute approximate surface area is 113 Å². The molecule has 18 heavy (non-hydrogen) atoms. The van der Waals surface area contributed by atoms with Gasteiger partial charge in [0.05, 0.1) is 0 Å². The molecule has 1 saturated carbocycles. The van der Waals surface area contributed by atoms with Crippen LogP contribution in [0.15, 0.2) is 30.5 Å². The lowest BCUT2D eigenvalue weighted by Crippen LogP contribution is -2.10. The maximum atomic E-state index is 5.71. The van der Waals surface area contributed by atoms with Crippen molar-refractivity contribution in [1.29, 1.82) is 0 Å². The molecule has 0 unspecified atom stereocenters. The van der Waals surface area contributed by atoms with Crippen LogP contribution in [0.25, 0.3) is 10.9 Å². The monoisotopic (exact) mass is 258 g/mol. The smallest absolute Gasteiger partial charge is 0.104 e. The summed E-state index contributed by atoms with van der Waals surface area (Å²) in [6.45, 7) is 1.13. The highest BCUT2D eigenvalue weighted by Crippen LogP contribution is 2.28. The quantitative estimate of drug-likeness (QED) is 0.855. The molecular formula is C15H18N2S. The van der Waals surface area contributed by atoms with E-state index in [-0.39, 0.29) is 0 Å². The standard InChI is InChI=1S/C15H18N2S/c16-15(18)13-6-5-12-7-8-17(14(12)9-13)10-11-3-1-2-4-11/h5-9,11H,1-4,10H2,(H2,16,18). The minimum atomic E-state index is 0.477. The number of benzene rings is 1. The van der Waals surface area contributed by atoms with Gasteiger partial charge in [0, 0.05) is 23.8 Å². The Bertz CT molecular complexity index is 579. The first kappa shape index (κ1) is 11.7. The summed E-state index contributed by atoms with van der Waals surface area (Å²) in [4.78, 5) is 0.477. The van der Waals surface area contributed by atoms with Crippen molar-refractivity contribution in [2.24, 2.45) is 11.7 Å². The number of thiocarbonyl (C=S) groups is 1. The number of nitrogens with two attached hydrogens (primary N) is 1. The molecule has 0 radical (unpaired) electrons. The highest BCUT2D eigenvalue weighted by Gasteiger charge is 2.16. The second-order valence-electron chi connectivity index (χ2n) is 5.26. The largest absolute Gasteiger partial charge is 0.389 e. The molecule has 2 N–H and O–H groups in total. The summed E-state index contributed by atoms with van der Waals surface area (Å²) in [5, 5.41) is 1.27. The van der Waals surface area contributed by atoms with Crippen LogP contribution < -0.4 is 5.73 Å². The van der Waals surface area contributed by atoms with E-state index in [9.17, 15) is 0 Å². The number of hydrogen-bond acceptors (Lipinski definition) is 1. The van der Waals surface area contributed by atoms with Gasteiger partial charge in [0.2, 0.25) is 0 Å². The normalized spacial score (nSPS) is 16.4. The Morgan fingerprint density at radius 2 is 2.06 bits per heavy atom. The van der Waals surface area contributed by atoms with Crippen LogP contribution in [0, 0.1) is 5.92 Å². The first-order valence-corrected chi connectivity index (χ1v) is 7.03. The van der Waals surface area contributed by atoms with E-state index in [1.165, 1.54) is 36.6 Å². The predicted octanol–water partition coefficient (Wildman–Crippen LogP) is 3.47. The van der Waals surface area contributed by atoms with Crippen LogP contribution in [0.5, 0.6) is 0 Å². The van der Waals surface area contributed by atoms with Crippen molar-refractivity contribution in [3.63, 3.8) is 0 Å². The SMILES string of the molecule is NC(=S)c1ccc2ccn(CC3CCCC3)c2c1. The van der Waals surface area contributed by atoms with Crippen LogP contribution in [0.3, 0.4) is 0 Å². The minimum Gasteiger partial charge on any atom is -0.389 e. The molecule has 1 aliphatic rings. The van der Waals surface area contributed by atoms with Gasteiger partial charge in [-0.05, 0) is 36.3 Å². The van der Waals surface area contributed by atoms with E-state index in [0.29, 0.717) is 4.99 Å². The fourth-order valence-electron chi connectivity index (χ4n) is 2.97. The van der Waals surface area contributed by atoms with E-state index in [4.69, 9.17) is 18.0 Å². The molecule has 3 rings (SSSR count). The van der Waals surface area contributed by atoms with Gasteiger partial charge in [-0.25, -0.2) is 0 Å². The van der Waals surface area contributed by atoms with E-state index >= 15 is 0 Å². The second-order valence-corrected chi connectivity index (χ2v) is 5.70. The lowest BCUT2D eigenvalue weighted by molar-refractivity contribution is 0.466. The summed E-state index contributed by atoms with van der Waals surface area (Å²) in [6.07, 6.45) is 7.71. The van der Waals surface area contributed by atoms with Crippen LogP contribution in [0.4, 0.5) is 0 Å². The third-order valence-electron chi connectivity index (χ3n) is 3.99. The zero-order valence-corrected chi connectivity index (χ0v) is 11.2. The van der Waals surface area contributed by atoms with E-state index in [0.717, 1.165) is 18.0 Å². The first-order valence-electron chi connectivity index (χ1n) is 6.63. The molecule has 0 atom stereocenters. The van der Waals surface area contributed by atoms with Crippen LogP contribution >= 0.6 is 12.2 Å². The van der Waals surface area contributed by atoms with Gasteiger partial charge in [-0.3, -0.25) is 0 Å². The number of aromatic nitrogens is 1. The van der Waals surface area contributed by atoms with Crippen LogP contribution in [-0.2, 0) is 6.54 Å². The van der Waals surface area contributed by atoms with Crippen molar-refractivity contribution in [3.05, 3.63) is 36.0 Å². The molecule has 1 aromatic carbocycles. The molecule has 0 saturated heterocycles. The van der Waals surface area contributed by atoms with Crippen LogP contribution in [0.2, 0.25) is 0 Å². The molecule has 1 heterocycles. The van der Waals surface area contributed by atoms with Gasteiger partial charge in [0.1, 0.15) is 4.99 Å². The molecule has 94 valence electrons. The Balaban J connectivity index is 1.95. The number of rotatable bonds is 3. The van der Waals surface area contributed by atoms with E-state index in [1.807, 2.05) is 6.07 Å². The Hall–Kier alpha value is -1.35. The highest BCUT2D eigenvalue weighted by atomic mass is 32.1. The average Bonchev–Trinajstić information content (AvgIpc) is 2.99. The van der Waals surface area contributed by atoms with E-state index in [1.54, 1.807) is 0 Å². The van der Waals surface area contributed by atoms with Crippen molar-refractivity contribution < 1.29 is 0 Å². The van der Waals surface area contributed by atoms with Gasteiger partial charge in [0.25, 0.3) is 0 Å². The molecule has 1 aromatic heterocycles. The van der Waals surface area contributed by atoms with Gasteiger partial charge in [-0.1, -0.05) is 37.2 Å². The Morgan fingerprint density at radius 1 is 1.28 bits per heavy atom. The van der Waals surface area contributed by atoms with Gasteiger partial charge in [-0.2, -0.15) is 0 Å². The molecule has 0 bridgehead atoms. The van der Waals surface area contributed by atoms with Crippen molar-refractivity contribution >= 4 is 28.1 Å². The zero-order valence-electron chi connectivity index (χ0n) is 10.4. The third kappa shape index (κ3) is 2.15. The molecule has 0 amide bonds. The maximum absolute atomic E-state index is 5.71. The van der Waals surface area contributed by atoms with Crippen LogP contribution in [-0.4, -0.2) is 9.56 Å². The molecule has 3 heteroatoms. The molecule has 2 aromatic rings. The summed E-state index contributed by atoms with van der Waals surface area (Å²) in [5.41, 5.74) is 7.93. The Morgan fingerprint density at radius 3 is 2.78 bits per heavy atom. The fourth-order valence-corrected chi connectivity index (χ4v) is 3.09. The van der Waals surface area contributed by atoms with E-state index < -0.39 is 0 Å². The lowest BCUT2D eigenvalue weighted by atomic mass is 10.1.